The Kier molecular flexibility index (Phi) is 2.80. The van der Waals surface area contributed by atoms with Crippen LogP contribution in [0, 0.1) is 0 Å². The van der Waals surface area contributed by atoms with Gasteiger partial charge in [0, 0.05) is 23.5 Å². The zero-order chi connectivity index (χ0) is 9.80. The Morgan fingerprint density at radius 2 is 2.07 bits per heavy atom. The van der Waals surface area contributed by atoms with E-state index in [0.29, 0.717) is 0 Å². The highest BCUT2D eigenvalue weighted by Gasteiger charge is 1.98. The second-order valence-corrected chi connectivity index (χ2v) is 3.30. The van der Waals surface area contributed by atoms with Gasteiger partial charge in [0.1, 0.15) is 0 Å². The Hall–Kier alpha value is -1.34. The van der Waals surface area contributed by atoms with Gasteiger partial charge in [-0.15, -0.1) is 0 Å². The molecule has 14 heavy (non-hydrogen) atoms. The number of allylic oxidation sites excluding steroid dienone is 1. The van der Waals surface area contributed by atoms with Crippen LogP contribution in [0.4, 0.5) is 0 Å². The second-order valence-electron chi connectivity index (χ2n) is 3.04. The third-order valence-electron chi connectivity index (χ3n) is 2.16. The maximum absolute atomic E-state index is 5.49. The molecule has 0 bridgehead atoms. The molecule has 0 aliphatic heterocycles. The molecule has 70 valence electrons. The van der Waals surface area contributed by atoms with Crippen LogP contribution in [0.25, 0.3) is 10.8 Å². The van der Waals surface area contributed by atoms with Crippen LogP contribution in [-0.2, 0) is 6.42 Å². The molecule has 1 nitrogen and oxygen atoms in total. The van der Waals surface area contributed by atoms with E-state index in [2.05, 4.69) is 17.1 Å². The summed E-state index contributed by atoms with van der Waals surface area (Å²) in [5.41, 5.74) is 2.60. The highest BCUT2D eigenvalue weighted by molar-refractivity contribution is 6.25. The molecule has 2 heteroatoms. The van der Waals surface area contributed by atoms with Crippen LogP contribution in [0.1, 0.15) is 5.69 Å². The summed E-state index contributed by atoms with van der Waals surface area (Å²) in [6, 6.07) is 10.2. The molecule has 0 spiro atoms. The number of fused-ring (bicyclic) bond motifs is 1. The van der Waals surface area contributed by atoms with Crippen molar-refractivity contribution in [1.29, 1.82) is 0 Å². The summed E-state index contributed by atoms with van der Waals surface area (Å²) in [5.74, 6) is 0. The van der Waals surface area contributed by atoms with E-state index in [4.69, 9.17) is 11.6 Å². The van der Waals surface area contributed by atoms with Crippen LogP contribution in [0.5, 0.6) is 0 Å². The average Bonchev–Trinajstić information content (AvgIpc) is 2.26. The smallest absolute Gasteiger partial charge is 0.0519 e. The SMILES string of the molecule is Cl/C=C/Cc1nccc2ccccc12. The van der Waals surface area contributed by atoms with E-state index < -0.39 is 0 Å². The highest BCUT2D eigenvalue weighted by Crippen LogP contribution is 2.16. The molecule has 2 rings (SSSR count). The fraction of sp³-hybridized carbons (Fsp3) is 0.0833. The standard InChI is InChI=1S/C12H10ClN/c13-8-3-6-12-11-5-2-1-4-10(11)7-9-14-12/h1-5,7-9H,6H2/b8-3+. The summed E-state index contributed by atoms with van der Waals surface area (Å²) in [7, 11) is 0. The number of aromatic nitrogens is 1. The molecule has 0 fully saturated rings. The Bertz CT molecular complexity index is 457. The first kappa shape index (κ1) is 9.22. The van der Waals surface area contributed by atoms with E-state index in [1.165, 1.54) is 16.3 Å². The fourth-order valence-corrected chi connectivity index (χ4v) is 1.59. The molecular weight excluding hydrogens is 194 g/mol. The van der Waals surface area contributed by atoms with Gasteiger partial charge in [0.15, 0.2) is 0 Å². The minimum absolute atomic E-state index is 0.783. The largest absolute Gasteiger partial charge is 0.260 e. The van der Waals surface area contributed by atoms with Gasteiger partial charge in [-0.1, -0.05) is 41.9 Å². The lowest BCUT2D eigenvalue weighted by Gasteiger charge is -2.01. The van der Waals surface area contributed by atoms with Crippen molar-refractivity contribution in [1.82, 2.24) is 4.98 Å². The van der Waals surface area contributed by atoms with E-state index in [9.17, 15) is 0 Å². The van der Waals surface area contributed by atoms with E-state index in [1.54, 1.807) is 0 Å². The number of hydrogen-bond acceptors (Lipinski definition) is 1. The van der Waals surface area contributed by atoms with Crippen molar-refractivity contribution in [3.05, 3.63) is 53.8 Å². The van der Waals surface area contributed by atoms with Gasteiger partial charge in [0.2, 0.25) is 0 Å². The maximum atomic E-state index is 5.49. The number of rotatable bonds is 2. The summed E-state index contributed by atoms with van der Waals surface area (Å²) in [6.45, 7) is 0. The van der Waals surface area contributed by atoms with Crippen molar-refractivity contribution in [3.63, 3.8) is 0 Å². The minimum Gasteiger partial charge on any atom is -0.260 e. The van der Waals surface area contributed by atoms with Crippen molar-refractivity contribution < 1.29 is 0 Å². The van der Waals surface area contributed by atoms with Crippen LogP contribution in [0.3, 0.4) is 0 Å². The van der Waals surface area contributed by atoms with Gasteiger partial charge in [0.05, 0.1) is 5.69 Å². The predicted octanol–water partition coefficient (Wildman–Crippen LogP) is 3.53. The Morgan fingerprint density at radius 3 is 2.93 bits per heavy atom. The molecule has 0 aliphatic carbocycles. The number of nitrogens with zero attached hydrogens (tertiary/aromatic N) is 1. The number of benzene rings is 1. The van der Waals surface area contributed by atoms with Crippen molar-refractivity contribution >= 4 is 22.4 Å². The quantitative estimate of drug-likeness (QED) is 0.728. The third kappa shape index (κ3) is 1.78. The number of pyridine rings is 1. The lowest BCUT2D eigenvalue weighted by atomic mass is 10.1. The van der Waals surface area contributed by atoms with Gasteiger partial charge in [-0.3, -0.25) is 4.98 Å². The van der Waals surface area contributed by atoms with Crippen molar-refractivity contribution in [2.24, 2.45) is 0 Å². The van der Waals surface area contributed by atoms with Crippen LogP contribution in [-0.4, -0.2) is 4.98 Å². The molecule has 0 radical (unpaired) electrons. The molecule has 1 aromatic carbocycles. The molecule has 0 saturated heterocycles. The summed E-state index contributed by atoms with van der Waals surface area (Å²) in [4.78, 5) is 4.33. The molecule has 2 aromatic rings. The lowest BCUT2D eigenvalue weighted by molar-refractivity contribution is 1.14. The van der Waals surface area contributed by atoms with Crippen molar-refractivity contribution in [2.45, 2.75) is 6.42 Å². The van der Waals surface area contributed by atoms with E-state index in [-0.39, 0.29) is 0 Å². The minimum atomic E-state index is 0.783. The summed E-state index contributed by atoms with van der Waals surface area (Å²) in [6.07, 6.45) is 4.51. The fourth-order valence-electron chi connectivity index (χ4n) is 1.50. The average molecular weight is 204 g/mol. The van der Waals surface area contributed by atoms with Gasteiger partial charge in [0.25, 0.3) is 0 Å². The summed E-state index contributed by atoms with van der Waals surface area (Å²) >= 11 is 5.49. The van der Waals surface area contributed by atoms with Crippen molar-refractivity contribution in [3.8, 4) is 0 Å². The first-order valence-electron chi connectivity index (χ1n) is 4.49. The Morgan fingerprint density at radius 1 is 1.21 bits per heavy atom. The third-order valence-corrected chi connectivity index (χ3v) is 2.33. The van der Waals surface area contributed by atoms with E-state index >= 15 is 0 Å². The summed E-state index contributed by atoms with van der Waals surface area (Å²) in [5, 5.41) is 2.42. The van der Waals surface area contributed by atoms with Crippen LogP contribution >= 0.6 is 11.6 Å². The second kappa shape index (κ2) is 4.25. The molecular formula is C12H10ClN. The molecule has 1 heterocycles. The number of hydrogen-bond donors (Lipinski definition) is 0. The van der Waals surface area contributed by atoms with Crippen LogP contribution in [0.2, 0.25) is 0 Å². The zero-order valence-corrected chi connectivity index (χ0v) is 8.41. The molecule has 0 atom stereocenters. The first-order valence-corrected chi connectivity index (χ1v) is 4.93. The van der Waals surface area contributed by atoms with Gasteiger partial charge in [-0.25, -0.2) is 0 Å². The van der Waals surface area contributed by atoms with Gasteiger partial charge >= 0.3 is 0 Å². The Balaban J connectivity index is 2.53. The predicted molar refractivity (Wildman–Crippen MR) is 60.4 cm³/mol. The lowest BCUT2D eigenvalue weighted by Crippen LogP contribution is -1.88. The first-order chi connectivity index (χ1) is 6.92. The zero-order valence-electron chi connectivity index (χ0n) is 7.65. The Labute approximate surface area is 88.0 Å². The molecule has 0 unspecified atom stereocenters. The van der Waals surface area contributed by atoms with Gasteiger partial charge < -0.3 is 0 Å². The monoisotopic (exact) mass is 203 g/mol. The van der Waals surface area contributed by atoms with Crippen LogP contribution < -0.4 is 0 Å². The molecule has 0 amide bonds. The highest BCUT2D eigenvalue weighted by atomic mass is 35.5. The van der Waals surface area contributed by atoms with Crippen molar-refractivity contribution in [2.75, 3.05) is 0 Å². The molecule has 0 aliphatic rings. The van der Waals surface area contributed by atoms with E-state index in [0.717, 1.165) is 12.1 Å². The number of halogens is 1. The summed E-state index contributed by atoms with van der Waals surface area (Å²) < 4.78 is 0. The maximum Gasteiger partial charge on any atom is 0.0519 e. The van der Waals surface area contributed by atoms with Gasteiger partial charge in [-0.05, 0) is 11.5 Å². The molecule has 1 aromatic heterocycles. The normalized spacial score (nSPS) is 11.2. The molecule has 0 saturated carbocycles. The van der Waals surface area contributed by atoms with Gasteiger partial charge in [-0.2, -0.15) is 0 Å². The topological polar surface area (TPSA) is 12.9 Å². The van der Waals surface area contributed by atoms with Crippen LogP contribution in [0.15, 0.2) is 48.1 Å². The van der Waals surface area contributed by atoms with E-state index in [1.807, 2.05) is 30.5 Å². The molecule has 0 N–H and O–H groups in total.